The fourth-order valence-corrected chi connectivity index (χ4v) is 2.62. The van der Waals surface area contributed by atoms with E-state index in [0.717, 1.165) is 12.0 Å². The van der Waals surface area contributed by atoms with Gasteiger partial charge in [0.1, 0.15) is 11.6 Å². The third-order valence-corrected chi connectivity index (χ3v) is 3.91. The second kappa shape index (κ2) is 4.10. The van der Waals surface area contributed by atoms with Crippen LogP contribution in [-0.4, -0.2) is 11.6 Å². The van der Waals surface area contributed by atoms with Gasteiger partial charge in [-0.15, -0.1) is 0 Å². The molecule has 90 valence electrons. The van der Waals surface area contributed by atoms with Crippen molar-refractivity contribution in [1.29, 1.82) is 0 Å². The van der Waals surface area contributed by atoms with Crippen LogP contribution >= 0.6 is 0 Å². The number of aryl methyl sites for hydroxylation is 1. The van der Waals surface area contributed by atoms with Crippen molar-refractivity contribution >= 4 is 11.6 Å². The molecule has 0 bridgehead atoms. The number of carbonyl (C=O) groups is 2. The molecule has 0 amide bonds. The molecule has 1 fully saturated rings. The van der Waals surface area contributed by atoms with Gasteiger partial charge in [0, 0.05) is 11.3 Å². The Kier molecular flexibility index (Phi) is 2.90. The third kappa shape index (κ3) is 2.17. The normalized spacial score (nSPS) is 26.6. The van der Waals surface area contributed by atoms with E-state index in [1.54, 1.807) is 13.8 Å². The molecule has 0 spiro atoms. The first-order valence-electron chi connectivity index (χ1n) is 6.03. The maximum absolute atomic E-state index is 11.8. The number of hydrogen-bond acceptors (Lipinski definition) is 2. The van der Waals surface area contributed by atoms with E-state index < -0.39 is 5.41 Å². The smallest absolute Gasteiger partial charge is 0.137 e. The molecule has 0 N–H and O–H groups in total. The van der Waals surface area contributed by atoms with Gasteiger partial charge in [0.25, 0.3) is 0 Å². The van der Waals surface area contributed by atoms with Crippen molar-refractivity contribution in [2.75, 3.05) is 0 Å². The number of rotatable bonds is 4. The number of Topliss-reactive ketones (excluding diaryl/α,β-unsaturated/α-hetero) is 2. The van der Waals surface area contributed by atoms with Crippen LogP contribution in [0.2, 0.25) is 0 Å². The molecule has 1 saturated carbocycles. The van der Waals surface area contributed by atoms with Crippen molar-refractivity contribution in [1.82, 2.24) is 0 Å². The van der Waals surface area contributed by atoms with Crippen LogP contribution in [0.3, 0.4) is 0 Å². The van der Waals surface area contributed by atoms with Gasteiger partial charge < -0.3 is 0 Å². The van der Waals surface area contributed by atoms with Gasteiger partial charge in [0.15, 0.2) is 0 Å². The molecule has 17 heavy (non-hydrogen) atoms. The molecular formula is C15H18O2. The fourth-order valence-electron chi connectivity index (χ4n) is 2.62. The van der Waals surface area contributed by atoms with Crippen molar-refractivity contribution in [2.24, 2.45) is 11.3 Å². The Hall–Kier alpha value is -1.44. The zero-order chi connectivity index (χ0) is 12.6. The van der Waals surface area contributed by atoms with Gasteiger partial charge in [0.2, 0.25) is 0 Å². The van der Waals surface area contributed by atoms with Gasteiger partial charge >= 0.3 is 0 Å². The molecule has 1 aliphatic rings. The van der Waals surface area contributed by atoms with Crippen molar-refractivity contribution < 1.29 is 9.59 Å². The van der Waals surface area contributed by atoms with Gasteiger partial charge in [-0.05, 0) is 39.2 Å². The summed E-state index contributed by atoms with van der Waals surface area (Å²) in [5.41, 5.74) is 1.96. The molecular weight excluding hydrogens is 212 g/mol. The van der Waals surface area contributed by atoms with Gasteiger partial charge in [-0.3, -0.25) is 9.59 Å². The topological polar surface area (TPSA) is 34.1 Å². The molecule has 0 aromatic heterocycles. The molecule has 0 saturated heterocycles. The minimum atomic E-state index is -0.402. The summed E-state index contributed by atoms with van der Waals surface area (Å²) >= 11 is 0. The Balaban J connectivity index is 2.19. The largest absolute Gasteiger partial charge is 0.300 e. The monoisotopic (exact) mass is 230 g/mol. The number of hydrogen-bond donors (Lipinski definition) is 0. The van der Waals surface area contributed by atoms with Crippen molar-refractivity contribution in [3.8, 4) is 0 Å². The predicted octanol–water partition coefficient (Wildman–Crippen LogP) is 2.72. The van der Waals surface area contributed by atoms with E-state index in [1.165, 1.54) is 5.56 Å². The maximum Gasteiger partial charge on any atom is 0.137 e. The first-order chi connectivity index (χ1) is 7.95. The van der Waals surface area contributed by atoms with Crippen LogP contribution in [0.25, 0.3) is 0 Å². The van der Waals surface area contributed by atoms with E-state index in [1.807, 2.05) is 19.1 Å². The highest BCUT2D eigenvalue weighted by atomic mass is 16.1. The van der Waals surface area contributed by atoms with Crippen molar-refractivity contribution in [3.05, 3.63) is 35.4 Å². The van der Waals surface area contributed by atoms with Gasteiger partial charge in [0.05, 0.1) is 0 Å². The summed E-state index contributed by atoms with van der Waals surface area (Å²) < 4.78 is 0. The molecule has 1 aliphatic carbocycles. The van der Waals surface area contributed by atoms with E-state index >= 15 is 0 Å². The molecule has 2 atom stereocenters. The van der Waals surface area contributed by atoms with E-state index in [0.29, 0.717) is 6.42 Å². The number of carbonyl (C=O) groups excluding carboxylic acids is 2. The predicted molar refractivity (Wildman–Crippen MR) is 66.8 cm³/mol. The van der Waals surface area contributed by atoms with E-state index in [-0.39, 0.29) is 17.5 Å². The Bertz CT molecular complexity index is 458. The Labute approximate surface area is 102 Å². The summed E-state index contributed by atoms with van der Waals surface area (Å²) in [4.78, 5) is 23.2. The van der Waals surface area contributed by atoms with Crippen LogP contribution in [0.4, 0.5) is 0 Å². The summed E-state index contributed by atoms with van der Waals surface area (Å²) in [6, 6.07) is 8.20. The van der Waals surface area contributed by atoms with Crippen LogP contribution in [0.1, 0.15) is 31.4 Å². The van der Waals surface area contributed by atoms with Crippen LogP contribution in [0, 0.1) is 18.3 Å². The minimum Gasteiger partial charge on any atom is -0.300 e. The molecule has 2 rings (SSSR count). The van der Waals surface area contributed by atoms with E-state index in [9.17, 15) is 9.59 Å². The molecule has 2 heteroatoms. The first kappa shape index (κ1) is 12.0. The molecule has 0 unspecified atom stereocenters. The van der Waals surface area contributed by atoms with Gasteiger partial charge in [-0.25, -0.2) is 0 Å². The average molecular weight is 230 g/mol. The van der Waals surface area contributed by atoms with E-state index in [2.05, 4.69) is 12.1 Å². The second-order valence-corrected chi connectivity index (χ2v) is 5.24. The zero-order valence-electron chi connectivity index (χ0n) is 10.6. The molecule has 0 radical (unpaired) electrons. The number of benzene rings is 1. The highest BCUT2D eigenvalue weighted by Gasteiger charge is 2.59. The minimum absolute atomic E-state index is 0.0543. The quantitative estimate of drug-likeness (QED) is 0.797. The Morgan fingerprint density at radius 3 is 2.24 bits per heavy atom. The standard InChI is InChI=1S/C15H18O2/c1-10-4-6-13(7-5-10)8-15(12(3)17)9-14(15)11(2)16/h4-7,14H,8-9H2,1-3H3/t14-,15-/m1/s1. The third-order valence-electron chi connectivity index (χ3n) is 3.91. The van der Waals surface area contributed by atoms with E-state index in [4.69, 9.17) is 0 Å². The van der Waals surface area contributed by atoms with Gasteiger partial charge in [-0.1, -0.05) is 29.8 Å². The Morgan fingerprint density at radius 2 is 1.82 bits per heavy atom. The van der Waals surface area contributed by atoms with Crippen molar-refractivity contribution in [2.45, 2.75) is 33.6 Å². The fraction of sp³-hybridized carbons (Fsp3) is 0.467. The van der Waals surface area contributed by atoms with Crippen LogP contribution in [-0.2, 0) is 16.0 Å². The highest BCUT2D eigenvalue weighted by Crippen LogP contribution is 2.55. The van der Waals surface area contributed by atoms with Crippen molar-refractivity contribution in [3.63, 3.8) is 0 Å². The maximum atomic E-state index is 11.8. The molecule has 1 aromatic rings. The molecule has 1 aromatic carbocycles. The lowest BCUT2D eigenvalue weighted by Gasteiger charge is -2.13. The van der Waals surface area contributed by atoms with Crippen LogP contribution in [0.15, 0.2) is 24.3 Å². The lowest BCUT2D eigenvalue weighted by molar-refractivity contribution is -0.126. The highest BCUT2D eigenvalue weighted by molar-refractivity contribution is 5.96. The zero-order valence-corrected chi connectivity index (χ0v) is 10.6. The summed E-state index contributed by atoms with van der Waals surface area (Å²) in [7, 11) is 0. The first-order valence-corrected chi connectivity index (χ1v) is 6.03. The molecule has 2 nitrogen and oxygen atoms in total. The lowest BCUT2D eigenvalue weighted by Crippen LogP contribution is -2.20. The lowest BCUT2D eigenvalue weighted by atomic mass is 9.89. The summed E-state index contributed by atoms with van der Waals surface area (Å²) in [6.45, 7) is 5.24. The summed E-state index contributed by atoms with van der Waals surface area (Å²) in [5, 5.41) is 0. The SMILES string of the molecule is CC(=O)[C@H]1C[C@]1(Cc1ccc(C)cc1)C(C)=O. The number of ketones is 2. The Morgan fingerprint density at radius 1 is 1.24 bits per heavy atom. The average Bonchev–Trinajstić information content (AvgIpc) is 2.98. The molecule has 0 aliphatic heterocycles. The second-order valence-electron chi connectivity index (χ2n) is 5.24. The summed E-state index contributed by atoms with van der Waals surface area (Å²) in [5.74, 6) is 0.242. The summed E-state index contributed by atoms with van der Waals surface area (Å²) in [6.07, 6.45) is 1.43. The van der Waals surface area contributed by atoms with Crippen LogP contribution < -0.4 is 0 Å². The van der Waals surface area contributed by atoms with Crippen LogP contribution in [0.5, 0.6) is 0 Å². The van der Waals surface area contributed by atoms with Gasteiger partial charge in [-0.2, -0.15) is 0 Å². The molecule has 0 heterocycles.